The Kier molecular flexibility index (Phi) is 3.38. The second-order valence-corrected chi connectivity index (χ2v) is 5.18. The van der Waals surface area contributed by atoms with Crippen molar-refractivity contribution >= 4 is 23.5 Å². The van der Waals surface area contributed by atoms with E-state index in [4.69, 9.17) is 10.5 Å². The molecule has 8 nitrogen and oxygen atoms in total. The van der Waals surface area contributed by atoms with Crippen molar-refractivity contribution in [2.24, 2.45) is 0 Å². The number of carbonyl (C=O) groups excluding carboxylic acids is 1. The first-order valence-corrected chi connectivity index (χ1v) is 6.67. The molecule has 1 aromatic rings. The molecule has 0 aromatic carbocycles. The number of aromatic nitrogens is 1. The van der Waals surface area contributed by atoms with Crippen molar-refractivity contribution in [2.75, 3.05) is 30.4 Å². The maximum atomic E-state index is 12.4. The van der Waals surface area contributed by atoms with Crippen molar-refractivity contribution in [3.63, 3.8) is 0 Å². The lowest BCUT2D eigenvalue weighted by Crippen LogP contribution is -2.55. The average molecular weight is 292 g/mol. The van der Waals surface area contributed by atoms with Crippen molar-refractivity contribution in [1.29, 1.82) is 0 Å². The molecule has 0 radical (unpaired) electrons. The van der Waals surface area contributed by atoms with Crippen LogP contribution < -0.4 is 10.6 Å². The molecule has 0 spiro atoms. The summed E-state index contributed by atoms with van der Waals surface area (Å²) in [6, 6.07) is 2.53. The highest BCUT2D eigenvalue weighted by Crippen LogP contribution is 2.26. The molecular formula is C13H16N4O4. The Morgan fingerprint density at radius 2 is 2.14 bits per heavy atom. The van der Waals surface area contributed by atoms with Crippen LogP contribution in [0, 0.1) is 0 Å². The Balaban J connectivity index is 1.91. The molecule has 2 fully saturated rings. The van der Waals surface area contributed by atoms with Crippen LogP contribution in [0.2, 0.25) is 0 Å². The number of morpholine rings is 1. The molecule has 2 aliphatic heterocycles. The molecule has 3 N–H and O–H groups in total. The average Bonchev–Trinajstić information content (AvgIpc) is 2.52. The van der Waals surface area contributed by atoms with Gasteiger partial charge in [0.1, 0.15) is 5.82 Å². The number of carboxylic acid groups (broad SMARTS) is 1. The van der Waals surface area contributed by atoms with Crippen molar-refractivity contribution in [2.45, 2.75) is 18.5 Å². The summed E-state index contributed by atoms with van der Waals surface area (Å²) < 4.78 is 5.43. The number of rotatable bonds is 1. The standard InChI is InChI=1S/C13H16N4O4/c14-11-2-1-8(4-15-11)16-5-10-7-21-6-9(3-12(16)18)17(10)13(19)20/h1-2,4,9-10H,3,5-7H2,(H2,14,15)(H,19,20). The molecule has 2 atom stereocenters. The summed E-state index contributed by atoms with van der Waals surface area (Å²) in [5.41, 5.74) is 6.17. The number of amides is 2. The summed E-state index contributed by atoms with van der Waals surface area (Å²) in [5, 5.41) is 9.36. The van der Waals surface area contributed by atoms with Crippen LogP contribution in [-0.2, 0) is 9.53 Å². The highest BCUT2D eigenvalue weighted by atomic mass is 16.5. The molecule has 8 heteroatoms. The van der Waals surface area contributed by atoms with Crippen LogP contribution in [-0.4, -0.2) is 58.8 Å². The van der Waals surface area contributed by atoms with E-state index in [1.54, 1.807) is 17.0 Å². The van der Waals surface area contributed by atoms with Crippen molar-refractivity contribution in [3.05, 3.63) is 18.3 Å². The van der Waals surface area contributed by atoms with Crippen molar-refractivity contribution < 1.29 is 19.4 Å². The Morgan fingerprint density at radius 3 is 2.81 bits per heavy atom. The second kappa shape index (κ2) is 5.21. The Labute approximate surface area is 121 Å². The van der Waals surface area contributed by atoms with Gasteiger partial charge in [-0.25, -0.2) is 9.78 Å². The smallest absolute Gasteiger partial charge is 0.408 e. The number of pyridine rings is 1. The molecular weight excluding hydrogens is 276 g/mol. The van der Waals surface area contributed by atoms with Gasteiger partial charge in [0.05, 0.1) is 37.2 Å². The van der Waals surface area contributed by atoms with E-state index in [0.717, 1.165) is 0 Å². The number of fused-ring (bicyclic) bond motifs is 2. The number of nitrogen functional groups attached to an aromatic ring is 1. The zero-order valence-electron chi connectivity index (χ0n) is 11.3. The predicted molar refractivity (Wildman–Crippen MR) is 73.9 cm³/mol. The monoisotopic (exact) mass is 292 g/mol. The van der Waals surface area contributed by atoms with Gasteiger partial charge in [-0.15, -0.1) is 0 Å². The van der Waals surface area contributed by atoms with Crippen LogP contribution in [0.4, 0.5) is 16.3 Å². The van der Waals surface area contributed by atoms with Gasteiger partial charge in [0.25, 0.3) is 0 Å². The Hall–Kier alpha value is -2.35. The van der Waals surface area contributed by atoms with Crippen molar-refractivity contribution in [3.8, 4) is 0 Å². The van der Waals surface area contributed by atoms with Gasteiger partial charge in [-0.2, -0.15) is 0 Å². The van der Waals surface area contributed by atoms with Crippen LogP contribution in [0.1, 0.15) is 6.42 Å². The molecule has 2 unspecified atom stereocenters. The van der Waals surface area contributed by atoms with E-state index in [2.05, 4.69) is 4.98 Å². The molecule has 0 saturated carbocycles. The SMILES string of the molecule is Nc1ccc(N2CC3COCC(CC2=O)N3C(=O)O)cn1. The van der Waals surface area contributed by atoms with E-state index >= 15 is 0 Å². The largest absolute Gasteiger partial charge is 0.465 e. The molecule has 2 bridgehead atoms. The van der Waals surface area contributed by atoms with Gasteiger partial charge in [0, 0.05) is 13.0 Å². The van der Waals surface area contributed by atoms with Crippen LogP contribution in [0.25, 0.3) is 0 Å². The van der Waals surface area contributed by atoms with E-state index < -0.39 is 12.1 Å². The van der Waals surface area contributed by atoms with Crippen LogP contribution >= 0.6 is 0 Å². The van der Waals surface area contributed by atoms with E-state index in [1.165, 1.54) is 11.1 Å². The molecule has 112 valence electrons. The molecule has 3 rings (SSSR count). The highest BCUT2D eigenvalue weighted by Gasteiger charge is 2.41. The van der Waals surface area contributed by atoms with E-state index in [9.17, 15) is 14.7 Å². The first-order valence-electron chi connectivity index (χ1n) is 6.67. The first kappa shape index (κ1) is 13.6. The topological polar surface area (TPSA) is 109 Å². The number of hydrogen-bond donors (Lipinski definition) is 2. The third-order valence-corrected chi connectivity index (χ3v) is 3.82. The van der Waals surface area contributed by atoms with Gasteiger partial charge in [0.2, 0.25) is 5.91 Å². The zero-order chi connectivity index (χ0) is 15.0. The lowest BCUT2D eigenvalue weighted by molar-refractivity contribution is -0.119. The summed E-state index contributed by atoms with van der Waals surface area (Å²) in [4.78, 5) is 30.7. The molecule has 0 aliphatic carbocycles. The van der Waals surface area contributed by atoms with Gasteiger partial charge in [-0.05, 0) is 12.1 Å². The van der Waals surface area contributed by atoms with Gasteiger partial charge >= 0.3 is 6.09 Å². The molecule has 21 heavy (non-hydrogen) atoms. The van der Waals surface area contributed by atoms with Crippen molar-refractivity contribution in [1.82, 2.24) is 9.88 Å². The van der Waals surface area contributed by atoms with Gasteiger partial charge in [-0.1, -0.05) is 0 Å². The van der Waals surface area contributed by atoms with Crippen LogP contribution in [0.5, 0.6) is 0 Å². The van der Waals surface area contributed by atoms with Gasteiger partial charge < -0.3 is 20.5 Å². The fourth-order valence-electron chi connectivity index (χ4n) is 2.84. The maximum absolute atomic E-state index is 12.4. The normalized spacial score (nSPS) is 25.6. The zero-order valence-corrected chi connectivity index (χ0v) is 11.3. The van der Waals surface area contributed by atoms with E-state index in [-0.39, 0.29) is 38.1 Å². The summed E-state index contributed by atoms with van der Waals surface area (Å²) in [7, 11) is 0. The Morgan fingerprint density at radius 1 is 1.38 bits per heavy atom. The molecule has 3 heterocycles. The fourth-order valence-corrected chi connectivity index (χ4v) is 2.84. The number of nitrogens with zero attached hydrogens (tertiary/aromatic N) is 3. The van der Waals surface area contributed by atoms with E-state index in [1.807, 2.05) is 0 Å². The minimum Gasteiger partial charge on any atom is -0.465 e. The van der Waals surface area contributed by atoms with Gasteiger partial charge in [-0.3, -0.25) is 9.69 Å². The van der Waals surface area contributed by atoms with Crippen LogP contribution in [0.3, 0.4) is 0 Å². The Bertz CT molecular complexity index is 562. The number of anilines is 2. The fraction of sp³-hybridized carbons (Fsp3) is 0.462. The molecule has 2 aliphatic rings. The summed E-state index contributed by atoms with van der Waals surface area (Å²) in [6.07, 6.45) is 0.611. The molecule has 2 amide bonds. The number of nitrogens with two attached hydrogens (primary N) is 1. The summed E-state index contributed by atoms with van der Waals surface area (Å²) >= 11 is 0. The molecule has 1 aromatic heterocycles. The quantitative estimate of drug-likeness (QED) is 0.762. The van der Waals surface area contributed by atoms with Crippen LogP contribution in [0.15, 0.2) is 18.3 Å². The lowest BCUT2D eigenvalue weighted by Gasteiger charge is -2.37. The van der Waals surface area contributed by atoms with E-state index in [0.29, 0.717) is 11.5 Å². The first-order chi connectivity index (χ1) is 10.1. The lowest BCUT2D eigenvalue weighted by atomic mass is 10.1. The highest BCUT2D eigenvalue weighted by molar-refractivity contribution is 5.94. The van der Waals surface area contributed by atoms with Gasteiger partial charge in [0.15, 0.2) is 0 Å². The maximum Gasteiger partial charge on any atom is 0.408 e. The number of ether oxygens (including phenoxy) is 1. The summed E-state index contributed by atoms with van der Waals surface area (Å²) in [5.74, 6) is 0.237. The predicted octanol–water partition coefficient (Wildman–Crippen LogP) is 0.148. The number of hydrogen-bond acceptors (Lipinski definition) is 5. The minimum absolute atomic E-state index is 0.104. The minimum atomic E-state index is -1.02. The molecule has 2 saturated heterocycles. The summed E-state index contributed by atoms with van der Waals surface area (Å²) in [6.45, 7) is 0.796. The third kappa shape index (κ3) is 2.49. The third-order valence-electron chi connectivity index (χ3n) is 3.82. The second-order valence-electron chi connectivity index (χ2n) is 5.18. The number of carbonyl (C=O) groups is 2.